The molecule has 0 saturated heterocycles. The summed E-state index contributed by atoms with van der Waals surface area (Å²) in [5, 5.41) is 18.7. The number of alkyl halides is 2. The molecule has 1 aliphatic rings. The van der Waals surface area contributed by atoms with Gasteiger partial charge in [-0.3, -0.25) is 14.4 Å². The summed E-state index contributed by atoms with van der Waals surface area (Å²) in [7, 11) is 0. The SMILES string of the molecule is CCCCC(F)(F)C(=O)CC[C@H]1[C@H](O)CC(=O)[C@@H]1C/C=C\CCCC(=O)O. The molecule has 0 radical (unpaired) electrons. The standard InChI is InChI=1S/C20H30F2O5/c1-2-3-12-20(21,22)18(25)11-10-15-14(16(23)13-17(15)24)8-6-4-5-7-9-19(26)27/h4,6,14-15,17,24H,2-3,5,7-13H2,1H3,(H,26,27)/b6-4-/t14-,15-,17-/m1/s1. The van der Waals surface area contributed by atoms with Crippen molar-refractivity contribution in [1.29, 1.82) is 0 Å². The maximum atomic E-state index is 13.8. The first kappa shape index (κ1) is 23.4. The smallest absolute Gasteiger partial charge is 0.305 e. The number of allylic oxidation sites excluding steroid dienone is 2. The van der Waals surface area contributed by atoms with Crippen molar-refractivity contribution >= 4 is 17.5 Å². The Morgan fingerprint density at radius 2 is 1.93 bits per heavy atom. The van der Waals surface area contributed by atoms with Gasteiger partial charge in [0, 0.05) is 31.6 Å². The number of aliphatic carboxylic acids is 1. The van der Waals surface area contributed by atoms with Crippen molar-refractivity contribution in [2.75, 3.05) is 0 Å². The molecule has 27 heavy (non-hydrogen) atoms. The molecule has 154 valence electrons. The van der Waals surface area contributed by atoms with Crippen LogP contribution in [0.4, 0.5) is 8.78 Å². The van der Waals surface area contributed by atoms with Gasteiger partial charge in [0.2, 0.25) is 5.78 Å². The first-order chi connectivity index (χ1) is 12.7. The zero-order chi connectivity index (χ0) is 20.4. The van der Waals surface area contributed by atoms with Gasteiger partial charge in [-0.25, -0.2) is 0 Å². The maximum absolute atomic E-state index is 13.8. The zero-order valence-corrected chi connectivity index (χ0v) is 15.8. The van der Waals surface area contributed by atoms with Gasteiger partial charge in [-0.2, -0.15) is 8.78 Å². The number of aliphatic hydroxyl groups is 1. The van der Waals surface area contributed by atoms with E-state index in [1.807, 2.05) is 0 Å². The first-order valence-electron chi connectivity index (χ1n) is 9.67. The molecular formula is C20H30F2O5. The number of carboxylic acid groups (broad SMARTS) is 1. The van der Waals surface area contributed by atoms with Gasteiger partial charge in [0.25, 0.3) is 0 Å². The van der Waals surface area contributed by atoms with Gasteiger partial charge in [-0.15, -0.1) is 0 Å². The molecule has 5 nitrogen and oxygen atoms in total. The fraction of sp³-hybridized carbons (Fsp3) is 0.750. The maximum Gasteiger partial charge on any atom is 0.305 e. The molecule has 0 aromatic carbocycles. The van der Waals surface area contributed by atoms with Crippen LogP contribution in [0.1, 0.15) is 71.1 Å². The number of ketones is 2. The third-order valence-electron chi connectivity index (χ3n) is 5.11. The lowest BCUT2D eigenvalue weighted by Crippen LogP contribution is -2.30. The fourth-order valence-electron chi connectivity index (χ4n) is 3.47. The van der Waals surface area contributed by atoms with E-state index < -0.39 is 42.0 Å². The Bertz CT molecular complexity index is 544. The van der Waals surface area contributed by atoms with Gasteiger partial charge in [-0.05, 0) is 38.0 Å². The van der Waals surface area contributed by atoms with Crippen molar-refractivity contribution in [2.24, 2.45) is 11.8 Å². The van der Waals surface area contributed by atoms with E-state index in [2.05, 4.69) is 0 Å². The minimum atomic E-state index is -3.34. The van der Waals surface area contributed by atoms with Crippen LogP contribution < -0.4 is 0 Å². The lowest BCUT2D eigenvalue weighted by molar-refractivity contribution is -0.144. The first-order valence-corrected chi connectivity index (χ1v) is 9.67. The third-order valence-corrected chi connectivity index (χ3v) is 5.11. The average Bonchev–Trinajstić information content (AvgIpc) is 2.86. The van der Waals surface area contributed by atoms with Gasteiger partial charge in [0.15, 0.2) is 0 Å². The molecule has 0 aromatic rings. The molecule has 0 unspecified atom stereocenters. The lowest BCUT2D eigenvalue weighted by Gasteiger charge is -2.21. The van der Waals surface area contributed by atoms with Gasteiger partial charge >= 0.3 is 11.9 Å². The normalized spacial score (nSPS) is 23.3. The minimum Gasteiger partial charge on any atom is -0.481 e. The topological polar surface area (TPSA) is 91.7 Å². The molecule has 1 saturated carbocycles. The van der Waals surface area contributed by atoms with E-state index in [-0.39, 0.29) is 37.9 Å². The number of carbonyl (C=O) groups is 3. The van der Waals surface area contributed by atoms with Gasteiger partial charge in [-0.1, -0.05) is 25.5 Å². The monoisotopic (exact) mass is 388 g/mol. The third kappa shape index (κ3) is 7.87. The Balaban J connectivity index is 2.53. The molecule has 0 aromatic heterocycles. The van der Waals surface area contributed by atoms with Crippen LogP contribution in [0.15, 0.2) is 12.2 Å². The van der Waals surface area contributed by atoms with Crippen LogP contribution in [0.5, 0.6) is 0 Å². The van der Waals surface area contributed by atoms with Crippen LogP contribution in [0.2, 0.25) is 0 Å². The number of hydrogen-bond acceptors (Lipinski definition) is 4. The van der Waals surface area contributed by atoms with Crippen LogP contribution in [0.3, 0.4) is 0 Å². The number of halogens is 2. The van der Waals surface area contributed by atoms with Crippen molar-refractivity contribution in [3.63, 3.8) is 0 Å². The van der Waals surface area contributed by atoms with E-state index in [1.165, 1.54) is 0 Å². The summed E-state index contributed by atoms with van der Waals surface area (Å²) in [5.74, 6) is -6.42. The lowest BCUT2D eigenvalue weighted by atomic mass is 9.86. The molecule has 0 amide bonds. The van der Waals surface area contributed by atoms with Gasteiger partial charge in [0.05, 0.1) is 6.10 Å². The number of unbranched alkanes of at least 4 members (excludes halogenated alkanes) is 2. The zero-order valence-electron chi connectivity index (χ0n) is 15.8. The van der Waals surface area contributed by atoms with Crippen LogP contribution in [-0.2, 0) is 14.4 Å². The summed E-state index contributed by atoms with van der Waals surface area (Å²) in [5.41, 5.74) is 0. The molecule has 0 aliphatic heterocycles. The van der Waals surface area contributed by atoms with Crippen molar-refractivity contribution in [1.82, 2.24) is 0 Å². The molecule has 0 heterocycles. The van der Waals surface area contributed by atoms with Crippen LogP contribution in [0, 0.1) is 11.8 Å². The van der Waals surface area contributed by atoms with Gasteiger partial charge in [0.1, 0.15) is 5.78 Å². The second-order valence-corrected chi connectivity index (χ2v) is 7.27. The highest BCUT2D eigenvalue weighted by Crippen LogP contribution is 2.36. The Kier molecular flexibility index (Phi) is 9.77. The minimum absolute atomic E-state index is 0.0113. The van der Waals surface area contributed by atoms with Crippen LogP contribution >= 0.6 is 0 Å². The number of aliphatic hydroxyl groups excluding tert-OH is 1. The molecule has 1 rings (SSSR count). The average molecular weight is 388 g/mol. The highest BCUT2D eigenvalue weighted by atomic mass is 19.3. The Hall–Kier alpha value is -1.63. The summed E-state index contributed by atoms with van der Waals surface area (Å²) in [6.07, 6.45) is 4.29. The number of rotatable bonds is 13. The second kappa shape index (κ2) is 11.3. The fourth-order valence-corrected chi connectivity index (χ4v) is 3.47. The van der Waals surface area contributed by atoms with Crippen molar-refractivity contribution < 1.29 is 33.4 Å². The highest BCUT2D eigenvalue weighted by Gasteiger charge is 2.43. The van der Waals surface area contributed by atoms with Crippen molar-refractivity contribution in [2.45, 2.75) is 83.2 Å². The van der Waals surface area contributed by atoms with E-state index in [9.17, 15) is 28.3 Å². The summed E-state index contributed by atoms with van der Waals surface area (Å²) < 4.78 is 27.6. The van der Waals surface area contributed by atoms with Crippen LogP contribution in [0.25, 0.3) is 0 Å². The summed E-state index contributed by atoms with van der Waals surface area (Å²) in [6.45, 7) is 1.78. The number of Topliss-reactive ketones (excluding diaryl/α,β-unsaturated/α-hetero) is 2. The van der Waals surface area contributed by atoms with Gasteiger partial charge < -0.3 is 10.2 Å². The number of carbonyl (C=O) groups excluding carboxylic acids is 2. The predicted octanol–water partition coefficient (Wildman–Crippen LogP) is 3.93. The summed E-state index contributed by atoms with van der Waals surface area (Å²) in [4.78, 5) is 34.4. The Labute approximate surface area is 158 Å². The molecule has 1 aliphatic carbocycles. The predicted molar refractivity (Wildman–Crippen MR) is 96.6 cm³/mol. The largest absolute Gasteiger partial charge is 0.481 e. The Morgan fingerprint density at radius 1 is 1.22 bits per heavy atom. The molecule has 3 atom stereocenters. The number of carboxylic acids is 1. The molecule has 0 spiro atoms. The van der Waals surface area contributed by atoms with E-state index in [1.54, 1.807) is 19.1 Å². The second-order valence-electron chi connectivity index (χ2n) is 7.27. The molecule has 0 bridgehead atoms. The highest BCUT2D eigenvalue weighted by molar-refractivity contribution is 5.86. The summed E-state index contributed by atoms with van der Waals surface area (Å²) in [6, 6.07) is 0. The van der Waals surface area contributed by atoms with Crippen molar-refractivity contribution in [3.05, 3.63) is 12.2 Å². The number of hydrogen-bond donors (Lipinski definition) is 2. The Morgan fingerprint density at radius 3 is 2.56 bits per heavy atom. The quantitative estimate of drug-likeness (QED) is 0.368. The van der Waals surface area contributed by atoms with Crippen LogP contribution in [-0.4, -0.2) is 39.8 Å². The van der Waals surface area contributed by atoms with E-state index in [0.717, 1.165) is 0 Å². The van der Waals surface area contributed by atoms with E-state index in [4.69, 9.17) is 5.11 Å². The van der Waals surface area contributed by atoms with Crippen molar-refractivity contribution in [3.8, 4) is 0 Å². The molecule has 1 fully saturated rings. The molecule has 7 heteroatoms. The van der Waals surface area contributed by atoms with E-state index in [0.29, 0.717) is 25.7 Å². The molecule has 2 N–H and O–H groups in total. The van der Waals surface area contributed by atoms with E-state index >= 15 is 0 Å². The summed E-state index contributed by atoms with van der Waals surface area (Å²) >= 11 is 0. The molecular weight excluding hydrogens is 358 g/mol.